The molecule has 0 bridgehead atoms. The zero-order valence-corrected chi connectivity index (χ0v) is 13.6. The van der Waals surface area contributed by atoms with Crippen LogP contribution in [0.15, 0.2) is 18.3 Å². The first-order valence-electron chi connectivity index (χ1n) is 8.66. The highest BCUT2D eigenvalue weighted by Gasteiger charge is 2.29. The Balaban J connectivity index is 1.70. The lowest BCUT2D eigenvalue weighted by Crippen LogP contribution is -2.36. The van der Waals surface area contributed by atoms with Crippen LogP contribution < -0.4 is 5.32 Å². The number of carbonyl (C=O) groups excluding carboxylic acids is 1. The van der Waals surface area contributed by atoms with Gasteiger partial charge in [-0.25, -0.2) is 4.98 Å². The summed E-state index contributed by atoms with van der Waals surface area (Å²) in [6, 6.07) is 3.77. The largest absolute Gasteiger partial charge is 0.369 e. The van der Waals surface area contributed by atoms with E-state index in [1.54, 1.807) is 6.20 Å². The van der Waals surface area contributed by atoms with E-state index in [0.29, 0.717) is 5.41 Å². The van der Waals surface area contributed by atoms with Crippen molar-refractivity contribution < 1.29 is 4.79 Å². The summed E-state index contributed by atoms with van der Waals surface area (Å²) in [6.45, 7) is 5.00. The van der Waals surface area contributed by atoms with Crippen LogP contribution in [0.5, 0.6) is 0 Å². The average molecular weight is 301 g/mol. The number of nitrogens with one attached hydrogen (secondary N) is 1. The molecule has 1 saturated carbocycles. The third-order valence-corrected chi connectivity index (χ3v) is 5.17. The number of aromatic nitrogens is 1. The zero-order chi connectivity index (χ0) is 15.4. The highest BCUT2D eigenvalue weighted by atomic mass is 16.2. The zero-order valence-electron chi connectivity index (χ0n) is 13.6. The monoisotopic (exact) mass is 301 g/mol. The molecule has 1 aromatic rings. The summed E-state index contributed by atoms with van der Waals surface area (Å²) in [5, 5.41) is 3.46. The number of hydrogen-bond acceptors (Lipinski definition) is 3. The molecule has 1 saturated heterocycles. The van der Waals surface area contributed by atoms with E-state index in [2.05, 4.69) is 17.2 Å². The average Bonchev–Trinajstić information content (AvgIpc) is 3.00. The maximum Gasteiger partial charge on any atom is 0.257 e. The van der Waals surface area contributed by atoms with Gasteiger partial charge in [-0.05, 0) is 49.7 Å². The van der Waals surface area contributed by atoms with Crippen LogP contribution >= 0.6 is 0 Å². The van der Waals surface area contributed by atoms with Crippen LogP contribution in [0, 0.1) is 5.41 Å². The second-order valence-electron chi connectivity index (χ2n) is 7.12. The van der Waals surface area contributed by atoms with Crippen molar-refractivity contribution in [2.45, 2.75) is 51.9 Å². The van der Waals surface area contributed by atoms with E-state index in [1.165, 1.54) is 32.1 Å². The van der Waals surface area contributed by atoms with Crippen LogP contribution in [0.4, 0.5) is 5.82 Å². The second kappa shape index (κ2) is 6.67. The summed E-state index contributed by atoms with van der Waals surface area (Å²) < 4.78 is 0. The summed E-state index contributed by atoms with van der Waals surface area (Å²) in [5.74, 6) is 0.887. The van der Waals surface area contributed by atoms with Crippen molar-refractivity contribution >= 4 is 11.7 Å². The summed E-state index contributed by atoms with van der Waals surface area (Å²) in [5.41, 5.74) is 1.08. The molecule has 2 fully saturated rings. The molecule has 1 aromatic heterocycles. The van der Waals surface area contributed by atoms with Crippen LogP contribution in [-0.2, 0) is 0 Å². The van der Waals surface area contributed by atoms with Gasteiger partial charge < -0.3 is 10.2 Å². The molecule has 120 valence electrons. The Hall–Kier alpha value is -1.58. The molecule has 1 amide bonds. The van der Waals surface area contributed by atoms with Gasteiger partial charge >= 0.3 is 0 Å². The van der Waals surface area contributed by atoms with E-state index in [-0.39, 0.29) is 5.91 Å². The van der Waals surface area contributed by atoms with Crippen molar-refractivity contribution in [1.29, 1.82) is 0 Å². The van der Waals surface area contributed by atoms with Gasteiger partial charge in [0.05, 0.1) is 5.56 Å². The van der Waals surface area contributed by atoms with Gasteiger partial charge in [0.1, 0.15) is 5.82 Å². The minimum Gasteiger partial charge on any atom is -0.369 e. The molecule has 0 spiro atoms. The lowest BCUT2D eigenvalue weighted by atomic mass is 9.89. The number of nitrogens with zero attached hydrogens (tertiary/aromatic N) is 2. The smallest absolute Gasteiger partial charge is 0.257 e. The first-order valence-corrected chi connectivity index (χ1v) is 8.66. The summed E-state index contributed by atoms with van der Waals surface area (Å²) in [6.07, 6.45) is 10.4. The number of anilines is 1. The first-order chi connectivity index (χ1) is 10.7. The van der Waals surface area contributed by atoms with E-state index in [4.69, 9.17) is 0 Å². The second-order valence-corrected chi connectivity index (χ2v) is 7.12. The molecule has 1 N–H and O–H groups in total. The Kier molecular flexibility index (Phi) is 4.65. The number of rotatable bonds is 4. The molecule has 1 aliphatic carbocycles. The normalized spacial score (nSPS) is 20.9. The van der Waals surface area contributed by atoms with E-state index in [9.17, 15) is 4.79 Å². The fourth-order valence-electron chi connectivity index (χ4n) is 3.69. The molecule has 3 rings (SSSR count). The van der Waals surface area contributed by atoms with Gasteiger partial charge in [-0.15, -0.1) is 0 Å². The highest BCUT2D eigenvalue weighted by Crippen LogP contribution is 2.37. The van der Waals surface area contributed by atoms with Crippen molar-refractivity contribution in [2.75, 3.05) is 25.0 Å². The highest BCUT2D eigenvalue weighted by molar-refractivity contribution is 5.98. The van der Waals surface area contributed by atoms with Crippen LogP contribution in [-0.4, -0.2) is 35.4 Å². The summed E-state index contributed by atoms with van der Waals surface area (Å²) in [7, 11) is 0. The molecule has 4 heteroatoms. The Labute approximate surface area is 133 Å². The molecule has 2 heterocycles. The fourth-order valence-corrected chi connectivity index (χ4v) is 3.69. The van der Waals surface area contributed by atoms with Gasteiger partial charge in [-0.2, -0.15) is 0 Å². The predicted octanol–water partition coefficient (Wildman–Crippen LogP) is 3.70. The molecule has 0 aromatic carbocycles. The third kappa shape index (κ3) is 3.42. The van der Waals surface area contributed by atoms with E-state index < -0.39 is 0 Å². The van der Waals surface area contributed by atoms with Gasteiger partial charge in [0.15, 0.2) is 0 Å². The Bertz CT molecular complexity index is 517. The van der Waals surface area contributed by atoms with Crippen molar-refractivity contribution in [3.05, 3.63) is 23.9 Å². The SMILES string of the molecule is CC1(CNc2ncccc2C(=O)N2CCCCC2)CCCC1. The number of carbonyl (C=O) groups is 1. The van der Waals surface area contributed by atoms with Crippen LogP contribution in [0.1, 0.15) is 62.2 Å². The molecule has 0 radical (unpaired) electrons. The van der Waals surface area contributed by atoms with Gasteiger partial charge in [0.25, 0.3) is 5.91 Å². The maximum absolute atomic E-state index is 12.7. The van der Waals surface area contributed by atoms with Crippen LogP contribution in [0.25, 0.3) is 0 Å². The van der Waals surface area contributed by atoms with Gasteiger partial charge in [-0.3, -0.25) is 4.79 Å². The standard InChI is InChI=1S/C18H27N3O/c1-18(9-3-4-10-18)14-20-16-15(8-7-11-19-16)17(22)21-12-5-2-6-13-21/h7-8,11H,2-6,9-10,12-14H2,1H3,(H,19,20). The number of hydrogen-bond donors (Lipinski definition) is 1. The molecular formula is C18H27N3O. The maximum atomic E-state index is 12.7. The third-order valence-electron chi connectivity index (χ3n) is 5.17. The number of pyridine rings is 1. The van der Waals surface area contributed by atoms with E-state index in [1.807, 2.05) is 17.0 Å². The lowest BCUT2D eigenvalue weighted by molar-refractivity contribution is 0.0725. The van der Waals surface area contributed by atoms with Crippen molar-refractivity contribution in [2.24, 2.45) is 5.41 Å². The molecule has 22 heavy (non-hydrogen) atoms. The Morgan fingerprint density at radius 2 is 1.95 bits per heavy atom. The first kappa shape index (κ1) is 15.3. The van der Waals surface area contributed by atoms with E-state index >= 15 is 0 Å². The molecule has 0 atom stereocenters. The Morgan fingerprint density at radius 3 is 2.68 bits per heavy atom. The minimum absolute atomic E-state index is 0.131. The molecule has 4 nitrogen and oxygen atoms in total. The predicted molar refractivity (Wildman–Crippen MR) is 89.1 cm³/mol. The number of piperidine rings is 1. The van der Waals surface area contributed by atoms with Crippen LogP contribution in [0.3, 0.4) is 0 Å². The summed E-state index contributed by atoms with van der Waals surface area (Å²) in [4.78, 5) is 19.1. The topological polar surface area (TPSA) is 45.2 Å². The molecular weight excluding hydrogens is 274 g/mol. The van der Waals surface area contributed by atoms with E-state index in [0.717, 1.165) is 43.9 Å². The fraction of sp³-hybridized carbons (Fsp3) is 0.667. The van der Waals surface area contributed by atoms with Gasteiger partial charge in [0, 0.05) is 25.8 Å². The van der Waals surface area contributed by atoms with Crippen molar-refractivity contribution in [1.82, 2.24) is 9.88 Å². The molecule has 0 unspecified atom stereocenters. The van der Waals surface area contributed by atoms with Crippen molar-refractivity contribution in [3.8, 4) is 0 Å². The minimum atomic E-state index is 0.131. The summed E-state index contributed by atoms with van der Waals surface area (Å²) >= 11 is 0. The molecule has 2 aliphatic rings. The lowest BCUT2D eigenvalue weighted by Gasteiger charge is -2.28. The van der Waals surface area contributed by atoms with Crippen molar-refractivity contribution in [3.63, 3.8) is 0 Å². The number of amides is 1. The number of likely N-dealkylation sites (tertiary alicyclic amines) is 1. The molecule has 1 aliphatic heterocycles. The Morgan fingerprint density at radius 1 is 1.23 bits per heavy atom. The van der Waals surface area contributed by atoms with Crippen LogP contribution in [0.2, 0.25) is 0 Å². The quantitative estimate of drug-likeness (QED) is 0.922. The van der Waals surface area contributed by atoms with Gasteiger partial charge in [-0.1, -0.05) is 19.8 Å². The van der Waals surface area contributed by atoms with Gasteiger partial charge in [0.2, 0.25) is 0 Å².